The number of rotatable bonds is 3. The van der Waals surface area contributed by atoms with E-state index < -0.39 is 11.7 Å². The molecule has 5 N–H and O–H groups in total. The molecule has 9 heavy (non-hydrogen) atoms. The molecule has 0 amide bonds. The molecule has 0 spiro atoms. The van der Waals surface area contributed by atoms with E-state index in [0.717, 1.165) is 0 Å². The first kappa shape index (κ1) is 8.35. The average Bonchev–Trinajstić information content (AvgIpc) is 1.86. The zero-order chi connectivity index (χ0) is 7.49. The Morgan fingerprint density at radius 3 is 2.33 bits per heavy atom. The molecular formula is C4H10N2O3. The Balaban J connectivity index is 4.09. The number of aliphatic carboxylic acids is 1. The molecular weight excluding hydrogens is 124 g/mol. The smallest absolute Gasteiger partial charge is 0.352 e. The highest BCUT2D eigenvalue weighted by molar-refractivity contribution is 5.76. The van der Waals surface area contributed by atoms with Crippen molar-refractivity contribution in [1.82, 2.24) is 5.43 Å². The number of aliphatic hydroxyl groups is 1. The Hall–Kier alpha value is -0.650. The summed E-state index contributed by atoms with van der Waals surface area (Å²) in [6.07, 6.45) is 0.0266. The number of nitrogens with one attached hydrogen (secondary N) is 1. The van der Waals surface area contributed by atoms with E-state index in [0.29, 0.717) is 0 Å². The zero-order valence-electron chi connectivity index (χ0n) is 5.09. The molecule has 0 saturated heterocycles. The lowest BCUT2D eigenvalue weighted by Gasteiger charge is -2.19. The third kappa shape index (κ3) is 1.63. The molecule has 54 valence electrons. The molecule has 5 heteroatoms. The van der Waals surface area contributed by atoms with Crippen molar-refractivity contribution in [1.29, 1.82) is 0 Å². The number of hydrogen-bond acceptors (Lipinski definition) is 4. The maximum absolute atomic E-state index is 10.1. The van der Waals surface area contributed by atoms with Crippen LogP contribution in [0.25, 0.3) is 0 Å². The van der Waals surface area contributed by atoms with Gasteiger partial charge in [-0.2, -0.15) is 0 Å². The van der Waals surface area contributed by atoms with Gasteiger partial charge in [0.1, 0.15) is 0 Å². The summed E-state index contributed by atoms with van der Waals surface area (Å²) in [5.41, 5.74) is -0.189. The number of carbonyl (C=O) groups is 1. The van der Waals surface area contributed by atoms with Gasteiger partial charge in [0.05, 0.1) is 0 Å². The van der Waals surface area contributed by atoms with Crippen LogP contribution in [0.5, 0.6) is 0 Å². The number of carboxylic acid groups (broad SMARTS) is 1. The van der Waals surface area contributed by atoms with Gasteiger partial charge in [-0.3, -0.25) is 5.84 Å². The lowest BCUT2D eigenvalue weighted by Crippen LogP contribution is -2.54. The van der Waals surface area contributed by atoms with E-state index in [2.05, 4.69) is 0 Å². The van der Waals surface area contributed by atoms with Crippen LogP contribution >= 0.6 is 0 Å². The van der Waals surface area contributed by atoms with E-state index in [-0.39, 0.29) is 6.42 Å². The third-order valence-electron chi connectivity index (χ3n) is 1.10. The quantitative estimate of drug-likeness (QED) is 0.217. The Morgan fingerprint density at radius 2 is 2.33 bits per heavy atom. The molecule has 0 rings (SSSR count). The van der Waals surface area contributed by atoms with Crippen LogP contribution in [0.2, 0.25) is 0 Å². The summed E-state index contributed by atoms with van der Waals surface area (Å²) < 4.78 is 0. The van der Waals surface area contributed by atoms with E-state index >= 15 is 0 Å². The normalized spacial score (nSPS) is 16.8. The molecule has 0 bridgehead atoms. The SMILES string of the molecule is CC[C@](O)(NN)C(=O)O. The molecule has 0 heterocycles. The van der Waals surface area contributed by atoms with Gasteiger partial charge in [-0.05, 0) is 6.42 Å². The van der Waals surface area contributed by atoms with Gasteiger partial charge in [0.15, 0.2) is 0 Å². The van der Waals surface area contributed by atoms with Crippen molar-refractivity contribution in [2.24, 2.45) is 5.84 Å². The molecule has 0 aliphatic carbocycles. The summed E-state index contributed by atoms with van der Waals surface area (Å²) in [4.78, 5) is 10.1. The number of hydrogen-bond donors (Lipinski definition) is 4. The lowest BCUT2D eigenvalue weighted by molar-refractivity contribution is -0.162. The molecule has 5 nitrogen and oxygen atoms in total. The topological polar surface area (TPSA) is 95.6 Å². The average molecular weight is 134 g/mol. The van der Waals surface area contributed by atoms with Gasteiger partial charge >= 0.3 is 5.97 Å². The highest BCUT2D eigenvalue weighted by Gasteiger charge is 2.31. The van der Waals surface area contributed by atoms with Crippen LogP contribution in [0, 0.1) is 0 Å². The Kier molecular flexibility index (Phi) is 2.57. The minimum atomic E-state index is -1.97. The van der Waals surface area contributed by atoms with E-state index in [1.165, 1.54) is 6.92 Å². The highest BCUT2D eigenvalue weighted by Crippen LogP contribution is 2.02. The van der Waals surface area contributed by atoms with E-state index in [9.17, 15) is 4.79 Å². The first-order chi connectivity index (χ1) is 4.06. The fourth-order valence-corrected chi connectivity index (χ4v) is 0.315. The van der Waals surface area contributed by atoms with Crippen molar-refractivity contribution < 1.29 is 15.0 Å². The molecule has 0 fully saturated rings. The summed E-state index contributed by atoms with van der Waals surface area (Å²) in [5.74, 6) is 3.37. The van der Waals surface area contributed by atoms with Crippen LogP contribution in [0.3, 0.4) is 0 Å². The predicted molar refractivity (Wildman–Crippen MR) is 30.2 cm³/mol. The summed E-state index contributed by atoms with van der Waals surface area (Å²) in [5, 5.41) is 17.1. The largest absolute Gasteiger partial charge is 0.478 e. The van der Waals surface area contributed by atoms with Gasteiger partial charge in [0.2, 0.25) is 5.72 Å². The molecule has 0 aromatic carbocycles. The van der Waals surface area contributed by atoms with Crippen LogP contribution in [0.4, 0.5) is 0 Å². The monoisotopic (exact) mass is 134 g/mol. The van der Waals surface area contributed by atoms with Crippen molar-refractivity contribution in [2.45, 2.75) is 19.1 Å². The van der Waals surface area contributed by atoms with E-state index in [4.69, 9.17) is 16.1 Å². The van der Waals surface area contributed by atoms with Gasteiger partial charge in [0, 0.05) is 0 Å². The minimum Gasteiger partial charge on any atom is -0.478 e. The molecule has 0 aromatic rings. The molecule has 0 unspecified atom stereocenters. The zero-order valence-corrected chi connectivity index (χ0v) is 5.09. The van der Waals surface area contributed by atoms with Crippen molar-refractivity contribution in [3.05, 3.63) is 0 Å². The first-order valence-electron chi connectivity index (χ1n) is 2.50. The van der Waals surface area contributed by atoms with Crippen LogP contribution in [-0.2, 0) is 4.79 Å². The van der Waals surface area contributed by atoms with Gasteiger partial charge in [-0.15, -0.1) is 0 Å². The molecule has 0 aromatic heterocycles. The van der Waals surface area contributed by atoms with Gasteiger partial charge in [-0.1, -0.05) is 6.92 Å². The maximum atomic E-state index is 10.1. The van der Waals surface area contributed by atoms with Crippen LogP contribution in [-0.4, -0.2) is 21.9 Å². The second-order valence-electron chi connectivity index (χ2n) is 1.66. The summed E-state index contributed by atoms with van der Waals surface area (Å²) in [6, 6.07) is 0. The van der Waals surface area contributed by atoms with E-state index in [1.807, 2.05) is 0 Å². The standard InChI is InChI=1S/C4H10N2O3/c1-2-4(9,6-5)3(7)8/h6,9H,2,5H2,1H3,(H,7,8)/t4-/m1/s1. The lowest BCUT2D eigenvalue weighted by atomic mass is 10.2. The van der Waals surface area contributed by atoms with Gasteiger partial charge < -0.3 is 10.2 Å². The fraction of sp³-hybridized carbons (Fsp3) is 0.750. The van der Waals surface area contributed by atoms with Gasteiger partial charge in [0.25, 0.3) is 0 Å². The highest BCUT2D eigenvalue weighted by atomic mass is 16.4. The first-order valence-corrected chi connectivity index (χ1v) is 2.50. The van der Waals surface area contributed by atoms with Crippen molar-refractivity contribution in [3.63, 3.8) is 0 Å². The Labute approximate surface area is 52.4 Å². The van der Waals surface area contributed by atoms with E-state index in [1.54, 1.807) is 5.43 Å². The fourth-order valence-electron chi connectivity index (χ4n) is 0.315. The minimum absolute atomic E-state index is 0.0266. The number of nitrogens with two attached hydrogens (primary N) is 1. The molecule has 0 aliphatic heterocycles. The van der Waals surface area contributed by atoms with Crippen LogP contribution in [0.1, 0.15) is 13.3 Å². The van der Waals surface area contributed by atoms with Gasteiger partial charge in [-0.25, -0.2) is 10.2 Å². The Bertz CT molecular complexity index is 110. The summed E-state index contributed by atoms with van der Waals surface area (Å²) in [7, 11) is 0. The molecule has 0 aliphatic rings. The van der Waals surface area contributed by atoms with Crippen molar-refractivity contribution in [2.75, 3.05) is 0 Å². The molecule has 0 radical (unpaired) electrons. The van der Waals surface area contributed by atoms with Crippen molar-refractivity contribution in [3.8, 4) is 0 Å². The summed E-state index contributed by atoms with van der Waals surface area (Å²) >= 11 is 0. The second kappa shape index (κ2) is 2.77. The number of carboxylic acids is 1. The molecule has 1 atom stereocenters. The number of hydrazine groups is 1. The second-order valence-corrected chi connectivity index (χ2v) is 1.66. The predicted octanol–water partition coefficient (Wildman–Crippen LogP) is -1.37. The van der Waals surface area contributed by atoms with Crippen molar-refractivity contribution >= 4 is 5.97 Å². The Morgan fingerprint density at radius 1 is 1.89 bits per heavy atom. The van der Waals surface area contributed by atoms with Crippen LogP contribution < -0.4 is 11.3 Å². The third-order valence-corrected chi connectivity index (χ3v) is 1.10. The maximum Gasteiger partial charge on any atom is 0.352 e. The van der Waals surface area contributed by atoms with Crippen LogP contribution in [0.15, 0.2) is 0 Å². The summed E-state index contributed by atoms with van der Waals surface area (Å²) in [6.45, 7) is 1.51. The molecule has 0 saturated carbocycles.